The fourth-order valence-electron chi connectivity index (χ4n) is 3.37. The number of likely N-dealkylation sites (N-methyl/N-ethyl adjacent to an activating group) is 1. The van der Waals surface area contributed by atoms with Gasteiger partial charge < -0.3 is 9.64 Å². The van der Waals surface area contributed by atoms with Crippen molar-refractivity contribution in [3.8, 4) is 0 Å². The summed E-state index contributed by atoms with van der Waals surface area (Å²) in [4.78, 5) is 17.5. The Morgan fingerprint density at radius 2 is 1.86 bits per heavy atom. The van der Waals surface area contributed by atoms with Crippen molar-refractivity contribution in [2.45, 2.75) is 44.2 Å². The molecule has 1 N–H and O–H groups in total. The van der Waals surface area contributed by atoms with E-state index in [-0.39, 0.29) is 5.97 Å². The van der Waals surface area contributed by atoms with Crippen LogP contribution in [0.25, 0.3) is 0 Å². The van der Waals surface area contributed by atoms with E-state index in [1.165, 1.54) is 12.8 Å². The van der Waals surface area contributed by atoms with Crippen LogP contribution in [0.3, 0.4) is 0 Å². The van der Waals surface area contributed by atoms with Crippen LogP contribution in [0.5, 0.6) is 0 Å². The van der Waals surface area contributed by atoms with Crippen LogP contribution >= 0.6 is 0 Å². The quantitative estimate of drug-likeness (QED) is 0.701. The van der Waals surface area contributed by atoms with E-state index in [0.29, 0.717) is 18.6 Å². The van der Waals surface area contributed by atoms with E-state index >= 15 is 0 Å². The molecule has 0 bridgehead atoms. The van der Waals surface area contributed by atoms with Crippen LogP contribution in [0.2, 0.25) is 0 Å². The number of carbonyl (C=O) groups is 1. The van der Waals surface area contributed by atoms with Crippen LogP contribution in [0.4, 0.5) is 0 Å². The van der Waals surface area contributed by atoms with Gasteiger partial charge in [-0.1, -0.05) is 0 Å². The third-order valence-electron chi connectivity index (χ3n) is 5.02. The predicted octanol–water partition coefficient (Wildman–Crippen LogP) is 0.698. The Labute approximate surface area is 128 Å². The van der Waals surface area contributed by atoms with Gasteiger partial charge in [-0.3, -0.25) is 10.2 Å². The number of ether oxygens (including phenoxy) is 1. The largest absolute Gasteiger partial charge is 0.465 e. The van der Waals surface area contributed by atoms with Gasteiger partial charge in [-0.2, -0.15) is 0 Å². The van der Waals surface area contributed by atoms with Gasteiger partial charge in [-0.05, 0) is 45.6 Å². The molecule has 1 saturated heterocycles. The van der Waals surface area contributed by atoms with Crippen molar-refractivity contribution in [1.82, 2.24) is 15.1 Å². The first-order chi connectivity index (χ1) is 10.1. The minimum absolute atomic E-state index is 0.0154. The Kier molecular flexibility index (Phi) is 4.52. The van der Waals surface area contributed by atoms with Gasteiger partial charge in [0.2, 0.25) is 0 Å². The lowest BCUT2D eigenvalue weighted by Crippen LogP contribution is -2.63. The van der Waals surface area contributed by atoms with E-state index in [4.69, 9.17) is 4.74 Å². The van der Waals surface area contributed by atoms with Gasteiger partial charge in [0.25, 0.3) is 0 Å². The van der Waals surface area contributed by atoms with Crippen molar-refractivity contribution in [3.05, 3.63) is 0 Å². The minimum atomic E-state index is -0.451. The summed E-state index contributed by atoms with van der Waals surface area (Å²) in [6.45, 7) is 7.49. The molecule has 0 aromatic rings. The number of rotatable bonds is 7. The lowest BCUT2D eigenvalue weighted by molar-refractivity contribution is -0.153. The topological polar surface area (TPSA) is 44.8 Å². The number of piperazine rings is 1. The number of carbonyl (C=O) groups excluding carboxylic acids is 1. The maximum Gasteiger partial charge on any atom is 0.327 e. The van der Waals surface area contributed by atoms with Gasteiger partial charge in [0, 0.05) is 38.8 Å². The smallest absolute Gasteiger partial charge is 0.327 e. The molecule has 120 valence electrons. The molecule has 1 atom stereocenters. The molecule has 0 amide bonds. The van der Waals surface area contributed by atoms with E-state index < -0.39 is 5.54 Å². The van der Waals surface area contributed by atoms with Crippen LogP contribution in [0, 0.1) is 5.92 Å². The second-order valence-corrected chi connectivity index (χ2v) is 6.96. The highest BCUT2D eigenvalue weighted by Gasteiger charge is 2.54. The average Bonchev–Trinajstić information content (AvgIpc) is 3.34. The summed E-state index contributed by atoms with van der Waals surface area (Å²) in [5, 5.41) is 3.68. The molecule has 0 aromatic carbocycles. The summed E-state index contributed by atoms with van der Waals surface area (Å²) in [5.41, 5.74) is -0.451. The number of nitrogens with zero attached hydrogens (tertiary/aromatic N) is 2. The number of hydrogen-bond acceptors (Lipinski definition) is 5. The van der Waals surface area contributed by atoms with Gasteiger partial charge in [-0.15, -0.1) is 0 Å². The molecule has 3 fully saturated rings. The molecule has 2 aliphatic carbocycles. The molecule has 1 heterocycles. The zero-order valence-corrected chi connectivity index (χ0v) is 13.4. The third kappa shape index (κ3) is 3.58. The Bertz CT molecular complexity index is 374. The summed E-state index contributed by atoms with van der Waals surface area (Å²) in [5.74, 6) is 0.454. The summed E-state index contributed by atoms with van der Waals surface area (Å²) in [7, 11) is 2.17. The van der Waals surface area contributed by atoms with E-state index in [9.17, 15) is 4.79 Å². The maximum atomic E-state index is 12.7. The molecular formula is C16H29N3O2. The monoisotopic (exact) mass is 295 g/mol. The molecule has 5 heteroatoms. The molecule has 3 rings (SSSR count). The van der Waals surface area contributed by atoms with E-state index in [0.717, 1.165) is 45.6 Å². The van der Waals surface area contributed by atoms with E-state index in [1.54, 1.807) is 0 Å². The molecule has 2 saturated carbocycles. The van der Waals surface area contributed by atoms with E-state index in [1.807, 2.05) is 6.92 Å². The molecule has 0 radical (unpaired) electrons. The lowest BCUT2D eigenvalue weighted by Gasteiger charge is -2.40. The highest BCUT2D eigenvalue weighted by molar-refractivity contribution is 5.82. The van der Waals surface area contributed by atoms with Gasteiger partial charge in [0.1, 0.15) is 5.54 Å². The van der Waals surface area contributed by atoms with Gasteiger partial charge in [0.05, 0.1) is 6.61 Å². The first kappa shape index (κ1) is 15.3. The number of nitrogens with one attached hydrogen (secondary N) is 1. The van der Waals surface area contributed by atoms with Crippen molar-refractivity contribution in [2.75, 3.05) is 46.4 Å². The fraction of sp³-hybridized carbons (Fsp3) is 0.938. The first-order valence-electron chi connectivity index (χ1n) is 8.50. The van der Waals surface area contributed by atoms with Crippen molar-refractivity contribution < 1.29 is 9.53 Å². The summed E-state index contributed by atoms with van der Waals surface area (Å²) in [6.07, 6.45) is 4.73. The number of hydrogen-bond donors (Lipinski definition) is 1. The zero-order valence-electron chi connectivity index (χ0n) is 13.4. The van der Waals surface area contributed by atoms with Gasteiger partial charge in [-0.25, -0.2) is 4.79 Å². The first-order valence-corrected chi connectivity index (χ1v) is 8.50. The third-order valence-corrected chi connectivity index (χ3v) is 5.02. The minimum Gasteiger partial charge on any atom is -0.465 e. The van der Waals surface area contributed by atoms with E-state index in [2.05, 4.69) is 22.2 Å². The molecule has 21 heavy (non-hydrogen) atoms. The van der Waals surface area contributed by atoms with Gasteiger partial charge in [0.15, 0.2) is 0 Å². The molecule has 5 nitrogen and oxygen atoms in total. The van der Waals surface area contributed by atoms with Crippen LogP contribution < -0.4 is 5.32 Å². The Morgan fingerprint density at radius 1 is 1.19 bits per heavy atom. The van der Waals surface area contributed by atoms with Crippen molar-refractivity contribution in [2.24, 2.45) is 5.92 Å². The average molecular weight is 295 g/mol. The van der Waals surface area contributed by atoms with Gasteiger partial charge >= 0.3 is 5.97 Å². The SMILES string of the molecule is CCOC(=O)C(CN1CCN(C)CC1)(NC1CC1)C1CC1. The standard InChI is InChI=1S/C16H29N3O2/c1-3-21-15(20)16(13-4-5-13,17-14-6-7-14)12-19-10-8-18(2)9-11-19/h13-14,17H,3-12H2,1-2H3. The molecule has 0 spiro atoms. The lowest BCUT2D eigenvalue weighted by atomic mass is 9.91. The second-order valence-electron chi connectivity index (χ2n) is 6.96. The molecule has 1 aliphatic heterocycles. The van der Waals surface area contributed by atoms with Crippen molar-refractivity contribution in [3.63, 3.8) is 0 Å². The molecule has 3 aliphatic rings. The highest BCUT2D eigenvalue weighted by atomic mass is 16.5. The van der Waals surface area contributed by atoms with Crippen LogP contribution in [0.15, 0.2) is 0 Å². The molecular weight excluding hydrogens is 266 g/mol. The Balaban J connectivity index is 1.71. The Morgan fingerprint density at radius 3 is 2.38 bits per heavy atom. The summed E-state index contributed by atoms with van der Waals surface area (Å²) < 4.78 is 5.46. The van der Waals surface area contributed by atoms with Crippen molar-refractivity contribution >= 4 is 5.97 Å². The highest BCUT2D eigenvalue weighted by Crippen LogP contribution is 2.43. The maximum absolute atomic E-state index is 12.7. The van der Waals surface area contributed by atoms with Crippen molar-refractivity contribution in [1.29, 1.82) is 0 Å². The number of esters is 1. The normalized spacial score (nSPS) is 27.3. The van der Waals surface area contributed by atoms with Crippen LogP contribution in [0.1, 0.15) is 32.6 Å². The molecule has 1 unspecified atom stereocenters. The van der Waals surface area contributed by atoms with Crippen LogP contribution in [-0.4, -0.2) is 73.7 Å². The zero-order chi connectivity index (χ0) is 14.9. The predicted molar refractivity (Wildman–Crippen MR) is 82.2 cm³/mol. The van der Waals surface area contributed by atoms with Crippen LogP contribution in [-0.2, 0) is 9.53 Å². The molecule has 0 aromatic heterocycles. The summed E-state index contributed by atoms with van der Waals surface area (Å²) in [6, 6.07) is 0.530. The fourth-order valence-corrected chi connectivity index (χ4v) is 3.37. The Hall–Kier alpha value is -0.650. The summed E-state index contributed by atoms with van der Waals surface area (Å²) >= 11 is 0. The second kappa shape index (κ2) is 6.23.